The maximum Gasteiger partial charge on any atom is 0.0859 e. The molecule has 3 unspecified atom stereocenters. The zero-order chi connectivity index (χ0) is 14.9. The van der Waals surface area contributed by atoms with Crippen LogP contribution in [0.15, 0.2) is 0 Å². The molecule has 0 aromatic rings. The van der Waals surface area contributed by atoms with Gasteiger partial charge in [0.25, 0.3) is 0 Å². The number of hydrogen-bond donors (Lipinski definition) is 1. The van der Waals surface area contributed by atoms with Crippen molar-refractivity contribution in [2.45, 2.75) is 91.8 Å². The van der Waals surface area contributed by atoms with E-state index in [9.17, 15) is 0 Å². The third kappa shape index (κ3) is 8.65. The average Bonchev–Trinajstić information content (AvgIpc) is 2.38. The molecule has 0 heterocycles. The van der Waals surface area contributed by atoms with E-state index >= 15 is 0 Å². The van der Waals surface area contributed by atoms with Crippen molar-refractivity contribution < 1.29 is 9.84 Å². The van der Waals surface area contributed by atoms with Crippen molar-refractivity contribution in [3.63, 3.8) is 0 Å². The molecule has 1 rings (SSSR count). The van der Waals surface area contributed by atoms with Gasteiger partial charge in [0.1, 0.15) is 0 Å². The van der Waals surface area contributed by atoms with Crippen LogP contribution in [0.25, 0.3) is 0 Å². The van der Waals surface area contributed by atoms with E-state index < -0.39 is 0 Å². The lowest BCUT2D eigenvalue weighted by molar-refractivity contribution is -0.116. The van der Waals surface area contributed by atoms with Crippen molar-refractivity contribution in [1.82, 2.24) is 0 Å². The fourth-order valence-electron chi connectivity index (χ4n) is 2.54. The SMILES string of the molecule is CC1CCCC(C(C)OC(C)(C)CO)C1.CCCC. The third-order valence-electron chi connectivity index (χ3n) is 4.03. The Bertz CT molecular complexity index is 211. The van der Waals surface area contributed by atoms with Crippen molar-refractivity contribution in [1.29, 1.82) is 0 Å². The number of aliphatic hydroxyl groups is 1. The number of hydrogen-bond acceptors (Lipinski definition) is 2. The van der Waals surface area contributed by atoms with Gasteiger partial charge < -0.3 is 9.84 Å². The minimum Gasteiger partial charge on any atom is -0.393 e. The Kier molecular flexibility index (Phi) is 9.72. The number of rotatable bonds is 5. The number of ether oxygens (including phenoxy) is 1. The van der Waals surface area contributed by atoms with Crippen molar-refractivity contribution in [3.05, 3.63) is 0 Å². The summed E-state index contributed by atoms with van der Waals surface area (Å²) in [7, 11) is 0. The molecule has 1 saturated carbocycles. The molecule has 0 aliphatic heterocycles. The molecule has 1 aliphatic carbocycles. The van der Waals surface area contributed by atoms with E-state index in [1.807, 2.05) is 13.8 Å². The first-order valence-corrected chi connectivity index (χ1v) is 8.14. The van der Waals surface area contributed by atoms with E-state index in [-0.39, 0.29) is 18.3 Å². The van der Waals surface area contributed by atoms with Gasteiger partial charge in [0.05, 0.1) is 18.3 Å². The first-order valence-electron chi connectivity index (χ1n) is 8.14. The van der Waals surface area contributed by atoms with Crippen molar-refractivity contribution >= 4 is 0 Å². The van der Waals surface area contributed by atoms with Crippen LogP contribution >= 0.6 is 0 Å². The smallest absolute Gasteiger partial charge is 0.0859 e. The highest BCUT2D eigenvalue weighted by Gasteiger charge is 2.28. The van der Waals surface area contributed by atoms with Crippen LogP contribution in [-0.2, 0) is 4.74 Å². The van der Waals surface area contributed by atoms with Crippen LogP contribution in [0.3, 0.4) is 0 Å². The lowest BCUT2D eigenvalue weighted by Gasteiger charge is -2.35. The molecule has 0 bridgehead atoms. The summed E-state index contributed by atoms with van der Waals surface area (Å²) in [5, 5.41) is 9.17. The van der Waals surface area contributed by atoms with Crippen LogP contribution in [0.2, 0.25) is 0 Å². The van der Waals surface area contributed by atoms with E-state index in [1.165, 1.54) is 38.5 Å². The highest BCUT2D eigenvalue weighted by atomic mass is 16.5. The molecule has 1 aliphatic rings. The Morgan fingerprint density at radius 2 is 1.79 bits per heavy atom. The summed E-state index contributed by atoms with van der Waals surface area (Å²) in [6, 6.07) is 0. The van der Waals surface area contributed by atoms with E-state index in [4.69, 9.17) is 9.84 Å². The minimum atomic E-state index is -0.389. The van der Waals surface area contributed by atoms with Gasteiger partial charge in [0.15, 0.2) is 0 Å². The van der Waals surface area contributed by atoms with Crippen LogP contribution in [0.4, 0.5) is 0 Å². The summed E-state index contributed by atoms with van der Waals surface area (Å²) in [5.41, 5.74) is -0.389. The topological polar surface area (TPSA) is 29.5 Å². The van der Waals surface area contributed by atoms with Crippen LogP contribution in [0.5, 0.6) is 0 Å². The molecule has 0 aromatic carbocycles. The monoisotopic (exact) mass is 272 g/mol. The molecule has 0 aromatic heterocycles. The highest BCUT2D eigenvalue weighted by Crippen LogP contribution is 2.33. The Morgan fingerprint density at radius 1 is 1.21 bits per heavy atom. The van der Waals surface area contributed by atoms with Gasteiger partial charge >= 0.3 is 0 Å². The molecular formula is C17H36O2. The number of unbranched alkanes of at least 4 members (excludes halogenated alkanes) is 1. The number of aliphatic hydroxyl groups excluding tert-OH is 1. The van der Waals surface area contributed by atoms with Gasteiger partial charge in [-0.1, -0.05) is 46.5 Å². The summed E-state index contributed by atoms with van der Waals surface area (Å²) in [6.45, 7) is 12.8. The molecule has 0 radical (unpaired) electrons. The van der Waals surface area contributed by atoms with Crippen LogP contribution in [0.1, 0.15) is 80.1 Å². The summed E-state index contributed by atoms with van der Waals surface area (Å²) < 4.78 is 5.92. The maximum atomic E-state index is 9.17. The van der Waals surface area contributed by atoms with E-state index in [2.05, 4.69) is 27.7 Å². The molecule has 0 saturated heterocycles. The predicted molar refractivity (Wildman–Crippen MR) is 83.4 cm³/mol. The van der Waals surface area contributed by atoms with Gasteiger partial charge in [0.2, 0.25) is 0 Å². The molecule has 1 N–H and O–H groups in total. The van der Waals surface area contributed by atoms with Gasteiger partial charge in [-0.25, -0.2) is 0 Å². The molecule has 2 heteroatoms. The van der Waals surface area contributed by atoms with E-state index in [0.717, 1.165) is 5.92 Å². The Labute approximate surface area is 120 Å². The summed E-state index contributed by atoms with van der Waals surface area (Å²) in [6.07, 6.45) is 8.18. The van der Waals surface area contributed by atoms with E-state index in [1.54, 1.807) is 0 Å². The van der Waals surface area contributed by atoms with Crippen LogP contribution in [-0.4, -0.2) is 23.4 Å². The van der Waals surface area contributed by atoms with Crippen LogP contribution in [0, 0.1) is 11.8 Å². The normalized spacial score (nSPS) is 25.4. The van der Waals surface area contributed by atoms with Crippen molar-refractivity contribution in [3.8, 4) is 0 Å². The van der Waals surface area contributed by atoms with Crippen molar-refractivity contribution in [2.24, 2.45) is 11.8 Å². The molecule has 3 atom stereocenters. The quantitative estimate of drug-likeness (QED) is 0.779. The van der Waals surface area contributed by atoms with Gasteiger partial charge in [-0.2, -0.15) is 0 Å². The first-order chi connectivity index (χ1) is 8.86. The lowest BCUT2D eigenvalue weighted by Crippen LogP contribution is -2.37. The fourth-order valence-corrected chi connectivity index (χ4v) is 2.54. The minimum absolute atomic E-state index is 0.0968. The molecule has 19 heavy (non-hydrogen) atoms. The van der Waals surface area contributed by atoms with Gasteiger partial charge in [-0.3, -0.25) is 0 Å². The average molecular weight is 272 g/mol. The Morgan fingerprint density at radius 3 is 2.21 bits per heavy atom. The standard InChI is InChI=1S/C13H26O2.C4H10/c1-10-6-5-7-12(8-10)11(2)15-13(3,4)9-14;1-3-4-2/h10-12,14H,5-9H2,1-4H3;3-4H2,1-2H3. The molecule has 2 nitrogen and oxygen atoms in total. The Balaban J connectivity index is 0.000000711. The predicted octanol–water partition coefficient (Wildman–Crippen LogP) is 4.80. The highest BCUT2D eigenvalue weighted by molar-refractivity contribution is 4.78. The zero-order valence-electron chi connectivity index (χ0n) is 14.0. The van der Waals surface area contributed by atoms with Gasteiger partial charge in [0, 0.05) is 0 Å². The third-order valence-corrected chi connectivity index (χ3v) is 4.03. The first kappa shape index (κ1) is 18.9. The molecule has 1 fully saturated rings. The van der Waals surface area contributed by atoms with E-state index in [0.29, 0.717) is 5.92 Å². The lowest BCUT2D eigenvalue weighted by atomic mass is 9.80. The second-order valence-electron chi connectivity index (χ2n) is 6.77. The summed E-state index contributed by atoms with van der Waals surface area (Å²) in [5.74, 6) is 1.52. The second-order valence-corrected chi connectivity index (χ2v) is 6.77. The maximum absolute atomic E-state index is 9.17. The fraction of sp³-hybridized carbons (Fsp3) is 1.00. The molecule has 0 amide bonds. The van der Waals surface area contributed by atoms with Crippen LogP contribution < -0.4 is 0 Å². The molecule has 0 spiro atoms. The molecule has 116 valence electrons. The summed E-state index contributed by atoms with van der Waals surface area (Å²) in [4.78, 5) is 0. The molecular weight excluding hydrogens is 236 g/mol. The van der Waals surface area contributed by atoms with Gasteiger partial charge in [-0.15, -0.1) is 0 Å². The largest absolute Gasteiger partial charge is 0.393 e. The van der Waals surface area contributed by atoms with Crippen molar-refractivity contribution in [2.75, 3.05) is 6.61 Å². The second kappa shape index (κ2) is 9.77. The summed E-state index contributed by atoms with van der Waals surface area (Å²) >= 11 is 0. The van der Waals surface area contributed by atoms with Gasteiger partial charge in [-0.05, 0) is 45.4 Å². The Hall–Kier alpha value is -0.0800. The zero-order valence-corrected chi connectivity index (χ0v) is 14.0.